The summed E-state index contributed by atoms with van der Waals surface area (Å²) >= 11 is 0. The van der Waals surface area contributed by atoms with Crippen molar-refractivity contribution in [2.45, 2.75) is 31.4 Å². The fraction of sp³-hybridized carbons (Fsp3) is 0.280. The minimum Gasteiger partial charge on any atom is -0.472 e. The monoisotopic (exact) mass is 441 g/mol. The molecule has 1 unspecified atom stereocenters. The lowest BCUT2D eigenvalue weighted by atomic mass is 10.0. The number of benzene rings is 1. The molecule has 4 aromatic rings. The van der Waals surface area contributed by atoms with E-state index in [-0.39, 0.29) is 12.1 Å². The molecule has 5 heterocycles. The smallest absolute Gasteiger partial charge is 0.407 e. The largest absolute Gasteiger partial charge is 0.472 e. The topological polar surface area (TPSA) is 93.4 Å². The van der Waals surface area contributed by atoms with Crippen LogP contribution in [0, 0.1) is 0 Å². The molecule has 1 amide bonds. The molecular weight excluding hydrogens is 418 g/mol. The predicted molar refractivity (Wildman–Crippen MR) is 122 cm³/mol. The van der Waals surface area contributed by atoms with E-state index in [0.29, 0.717) is 25.4 Å². The summed E-state index contributed by atoms with van der Waals surface area (Å²) in [6, 6.07) is 18.5. The van der Waals surface area contributed by atoms with Gasteiger partial charge in [-0.15, -0.1) is 0 Å². The lowest BCUT2D eigenvalue weighted by molar-refractivity contribution is 0.144. The summed E-state index contributed by atoms with van der Waals surface area (Å²) in [5, 5.41) is 9.16. The Morgan fingerprint density at radius 2 is 1.94 bits per heavy atom. The van der Waals surface area contributed by atoms with E-state index >= 15 is 0 Å². The third kappa shape index (κ3) is 3.57. The quantitative estimate of drug-likeness (QED) is 0.511. The normalized spacial score (nSPS) is 19.7. The van der Waals surface area contributed by atoms with Crippen LogP contribution >= 0.6 is 0 Å². The van der Waals surface area contributed by atoms with Crippen molar-refractivity contribution in [3.8, 4) is 17.1 Å². The van der Waals surface area contributed by atoms with E-state index in [1.807, 2.05) is 30.3 Å². The highest BCUT2D eigenvalue weighted by molar-refractivity contribution is 5.77. The number of hydrogen-bond donors (Lipinski definition) is 1. The van der Waals surface area contributed by atoms with Crippen molar-refractivity contribution in [1.29, 1.82) is 0 Å². The van der Waals surface area contributed by atoms with E-state index in [1.165, 1.54) is 10.5 Å². The molecule has 6 rings (SSSR count). The number of fused-ring (bicyclic) bond motifs is 3. The molecule has 1 saturated heterocycles. The van der Waals surface area contributed by atoms with Crippen LogP contribution in [0.15, 0.2) is 60.8 Å². The van der Waals surface area contributed by atoms with Crippen LogP contribution in [-0.4, -0.2) is 54.8 Å². The lowest BCUT2D eigenvalue weighted by Gasteiger charge is -2.15. The Labute approximate surface area is 190 Å². The van der Waals surface area contributed by atoms with Gasteiger partial charge in [0, 0.05) is 37.2 Å². The lowest BCUT2D eigenvalue weighted by Crippen LogP contribution is -2.29. The number of aryl methyl sites for hydroxylation is 1. The molecule has 2 atom stereocenters. The molecule has 8 nitrogen and oxygen atoms in total. The van der Waals surface area contributed by atoms with E-state index < -0.39 is 6.09 Å². The highest BCUT2D eigenvalue weighted by atomic mass is 16.5. The van der Waals surface area contributed by atoms with Crippen LogP contribution in [-0.2, 0) is 6.42 Å². The molecule has 0 saturated carbocycles. The first-order chi connectivity index (χ1) is 16.2. The van der Waals surface area contributed by atoms with Gasteiger partial charge in [0.1, 0.15) is 17.4 Å². The standard InChI is InChI=1S/C25H23N5O3/c31-25(32)29-13-11-18(15-29)33-23-14-17(10-12-26-23)19-6-7-20-24(28-19)30-21(8-9-22(30)27-20)16-4-2-1-3-5-16/h1-7,10,12,14,18,21H,8-9,11,13,15H2,(H,31,32)/t18?,21-/m1/s1. The Morgan fingerprint density at radius 3 is 2.76 bits per heavy atom. The Hall–Kier alpha value is -3.94. The van der Waals surface area contributed by atoms with Gasteiger partial charge < -0.3 is 19.3 Å². The summed E-state index contributed by atoms with van der Waals surface area (Å²) in [4.78, 5) is 26.7. The van der Waals surface area contributed by atoms with Crippen molar-refractivity contribution in [1.82, 2.24) is 24.4 Å². The first-order valence-corrected chi connectivity index (χ1v) is 11.2. The molecule has 3 aromatic heterocycles. The summed E-state index contributed by atoms with van der Waals surface area (Å²) in [6.07, 6.45) is 3.22. The number of carboxylic acid groups (broad SMARTS) is 1. The molecule has 8 heteroatoms. The van der Waals surface area contributed by atoms with Crippen LogP contribution in [0.25, 0.3) is 22.4 Å². The molecule has 2 aliphatic rings. The summed E-state index contributed by atoms with van der Waals surface area (Å²) in [5.74, 6) is 1.55. The van der Waals surface area contributed by atoms with Crippen LogP contribution in [0.4, 0.5) is 4.79 Å². The van der Waals surface area contributed by atoms with Gasteiger partial charge in [-0.1, -0.05) is 30.3 Å². The predicted octanol–water partition coefficient (Wildman–Crippen LogP) is 4.16. The minimum absolute atomic E-state index is 0.191. The number of amides is 1. The van der Waals surface area contributed by atoms with Gasteiger partial charge in [-0.2, -0.15) is 0 Å². The van der Waals surface area contributed by atoms with Gasteiger partial charge in [-0.25, -0.2) is 19.7 Å². The molecule has 0 radical (unpaired) electrons. The van der Waals surface area contributed by atoms with Crippen molar-refractivity contribution in [2.24, 2.45) is 0 Å². The van der Waals surface area contributed by atoms with Crippen LogP contribution in [0.1, 0.15) is 30.3 Å². The van der Waals surface area contributed by atoms with Gasteiger partial charge in [0.2, 0.25) is 5.88 Å². The Morgan fingerprint density at radius 1 is 1.06 bits per heavy atom. The number of hydrogen-bond acceptors (Lipinski definition) is 5. The number of nitrogens with zero attached hydrogens (tertiary/aromatic N) is 5. The average molecular weight is 441 g/mol. The van der Waals surface area contributed by atoms with Crippen molar-refractivity contribution in [3.05, 3.63) is 72.2 Å². The summed E-state index contributed by atoms with van der Waals surface area (Å²) < 4.78 is 8.25. The number of likely N-dealkylation sites (tertiary alicyclic amines) is 1. The maximum atomic E-state index is 11.2. The third-order valence-corrected chi connectivity index (χ3v) is 6.48. The average Bonchev–Trinajstić information content (AvgIpc) is 3.55. The van der Waals surface area contributed by atoms with Crippen molar-refractivity contribution in [2.75, 3.05) is 13.1 Å². The number of pyridine rings is 2. The van der Waals surface area contributed by atoms with E-state index in [0.717, 1.165) is 41.1 Å². The highest BCUT2D eigenvalue weighted by Gasteiger charge is 2.29. The van der Waals surface area contributed by atoms with Crippen LogP contribution in [0.2, 0.25) is 0 Å². The van der Waals surface area contributed by atoms with E-state index in [1.54, 1.807) is 6.20 Å². The van der Waals surface area contributed by atoms with Crippen LogP contribution in [0.5, 0.6) is 5.88 Å². The Bertz CT molecular complexity index is 1340. The van der Waals surface area contributed by atoms with Gasteiger partial charge in [-0.3, -0.25) is 0 Å². The van der Waals surface area contributed by atoms with Crippen molar-refractivity contribution >= 4 is 17.3 Å². The maximum absolute atomic E-state index is 11.2. The number of rotatable bonds is 4. The molecule has 33 heavy (non-hydrogen) atoms. The zero-order valence-corrected chi connectivity index (χ0v) is 18.0. The molecule has 0 bridgehead atoms. The summed E-state index contributed by atoms with van der Waals surface area (Å²) in [7, 11) is 0. The summed E-state index contributed by atoms with van der Waals surface area (Å²) in [5.41, 5.74) is 4.80. The number of carbonyl (C=O) groups is 1. The second-order valence-corrected chi connectivity index (χ2v) is 8.54. The number of ether oxygens (including phenoxy) is 1. The highest BCUT2D eigenvalue weighted by Crippen LogP contribution is 2.35. The van der Waals surface area contributed by atoms with Gasteiger partial charge in [-0.05, 0) is 30.2 Å². The van der Waals surface area contributed by atoms with Crippen molar-refractivity contribution in [3.63, 3.8) is 0 Å². The van der Waals surface area contributed by atoms with Gasteiger partial charge >= 0.3 is 6.09 Å². The molecule has 0 spiro atoms. The first kappa shape index (κ1) is 19.7. The Kier molecular flexibility index (Phi) is 4.71. The van der Waals surface area contributed by atoms with Crippen molar-refractivity contribution < 1.29 is 14.6 Å². The fourth-order valence-corrected chi connectivity index (χ4v) is 4.87. The zero-order chi connectivity index (χ0) is 22.4. The number of imidazole rings is 1. The molecule has 1 aromatic carbocycles. The van der Waals surface area contributed by atoms with Gasteiger partial charge in [0.15, 0.2) is 5.65 Å². The maximum Gasteiger partial charge on any atom is 0.407 e. The number of aromatic nitrogens is 4. The Balaban J connectivity index is 1.31. The molecule has 166 valence electrons. The van der Waals surface area contributed by atoms with E-state index in [4.69, 9.17) is 19.8 Å². The molecule has 2 aliphatic heterocycles. The summed E-state index contributed by atoms with van der Waals surface area (Å²) in [6.45, 7) is 0.834. The fourth-order valence-electron chi connectivity index (χ4n) is 4.87. The molecule has 1 N–H and O–H groups in total. The second-order valence-electron chi connectivity index (χ2n) is 8.54. The minimum atomic E-state index is -0.914. The van der Waals surface area contributed by atoms with E-state index in [9.17, 15) is 4.79 Å². The van der Waals surface area contributed by atoms with Crippen LogP contribution in [0.3, 0.4) is 0 Å². The molecule has 0 aliphatic carbocycles. The zero-order valence-electron chi connectivity index (χ0n) is 18.0. The van der Waals surface area contributed by atoms with Gasteiger partial charge in [0.05, 0.1) is 18.3 Å². The molecule has 1 fully saturated rings. The van der Waals surface area contributed by atoms with Gasteiger partial charge in [0.25, 0.3) is 0 Å². The van der Waals surface area contributed by atoms with E-state index in [2.05, 4.69) is 33.8 Å². The van der Waals surface area contributed by atoms with Crippen LogP contribution < -0.4 is 4.74 Å². The second kappa shape index (κ2) is 7.88. The first-order valence-electron chi connectivity index (χ1n) is 11.2. The SMILES string of the molecule is O=C(O)N1CCC(Oc2cc(-c3ccc4nc5n(c4n3)[C@@H](c3ccccc3)CC5)ccn2)C1. The molecular formula is C25H23N5O3. The third-order valence-electron chi connectivity index (χ3n) is 6.48.